The van der Waals surface area contributed by atoms with E-state index in [2.05, 4.69) is 5.10 Å². The lowest BCUT2D eigenvalue weighted by Gasteiger charge is -2.06. The number of carbonyl (C=O) groups is 1. The Morgan fingerprint density at radius 2 is 1.87 bits per heavy atom. The number of amides is 1. The smallest absolute Gasteiger partial charge is 0.248 e. The molecule has 2 N–H and O–H groups in total. The monoisotopic (exact) mass is 330 g/mol. The van der Waals surface area contributed by atoms with E-state index in [-0.39, 0.29) is 0 Å². The summed E-state index contributed by atoms with van der Waals surface area (Å²) in [4.78, 5) is 17.0. The number of primary amides is 1. The lowest BCUT2D eigenvalue weighted by Crippen LogP contribution is -2.16. The van der Waals surface area contributed by atoms with Crippen molar-refractivity contribution in [1.29, 1.82) is 0 Å². The quantitative estimate of drug-likeness (QED) is 0.879. The van der Waals surface area contributed by atoms with Gasteiger partial charge in [0.25, 0.3) is 0 Å². The number of nitrogens with two attached hydrogens (primary N) is 1. The predicted molar refractivity (Wildman–Crippen MR) is 92.1 cm³/mol. The van der Waals surface area contributed by atoms with Crippen LogP contribution in [-0.2, 0) is 7.05 Å². The second-order valence-electron chi connectivity index (χ2n) is 6.03. The molecule has 0 spiro atoms. The molecular formula is C17H22N4OS. The van der Waals surface area contributed by atoms with Gasteiger partial charge in [-0.2, -0.15) is 5.10 Å². The highest BCUT2D eigenvalue weighted by Gasteiger charge is 2.12. The molecule has 0 unspecified atom stereocenters. The maximum absolute atomic E-state index is 11.1. The van der Waals surface area contributed by atoms with Crippen molar-refractivity contribution in [3.63, 3.8) is 0 Å². The molecule has 0 atom stereocenters. The molecule has 1 aromatic carbocycles. The average Bonchev–Trinajstić information content (AvgIpc) is 2.75. The van der Waals surface area contributed by atoms with Crippen molar-refractivity contribution in [3.8, 4) is 10.6 Å². The fourth-order valence-corrected chi connectivity index (χ4v) is 3.86. The highest BCUT2D eigenvalue weighted by Crippen LogP contribution is 2.22. The third kappa shape index (κ3) is 3.88. The van der Waals surface area contributed by atoms with Crippen molar-refractivity contribution in [2.24, 2.45) is 17.8 Å². The van der Waals surface area contributed by atoms with E-state index in [0.717, 1.165) is 15.4 Å². The highest BCUT2D eigenvalue weighted by atomic mass is 32.1. The van der Waals surface area contributed by atoms with Gasteiger partial charge in [-0.25, -0.2) is 4.68 Å². The van der Waals surface area contributed by atoms with Crippen molar-refractivity contribution in [3.05, 3.63) is 34.6 Å². The largest absolute Gasteiger partial charge is 0.366 e. The zero-order chi connectivity index (χ0) is 16.2. The van der Waals surface area contributed by atoms with Gasteiger partial charge in [-0.1, -0.05) is 49.2 Å². The molecule has 2 aromatic rings. The van der Waals surface area contributed by atoms with Crippen LogP contribution in [0.25, 0.3) is 10.6 Å². The maximum Gasteiger partial charge on any atom is 0.248 e. The van der Waals surface area contributed by atoms with E-state index >= 15 is 0 Å². The predicted octanol–water partition coefficient (Wildman–Crippen LogP) is 2.87. The zero-order valence-corrected chi connectivity index (χ0v) is 14.2. The van der Waals surface area contributed by atoms with Gasteiger partial charge in [-0.3, -0.25) is 9.79 Å². The fourth-order valence-electron chi connectivity index (χ4n) is 2.90. The topological polar surface area (TPSA) is 73.3 Å². The maximum atomic E-state index is 11.1. The Morgan fingerprint density at radius 3 is 2.48 bits per heavy atom. The number of rotatable bonds is 3. The molecule has 1 fully saturated rings. The van der Waals surface area contributed by atoms with Crippen LogP contribution in [0.5, 0.6) is 0 Å². The molecular weight excluding hydrogens is 308 g/mol. The summed E-state index contributed by atoms with van der Waals surface area (Å²) in [6.07, 6.45) is 7.58. The van der Waals surface area contributed by atoms with Gasteiger partial charge in [0.15, 0.2) is 0 Å². The van der Waals surface area contributed by atoms with E-state index < -0.39 is 5.91 Å². The van der Waals surface area contributed by atoms with Gasteiger partial charge in [0, 0.05) is 18.2 Å². The minimum Gasteiger partial charge on any atom is -0.366 e. The molecule has 1 aliphatic rings. The first kappa shape index (κ1) is 15.9. The Bertz CT molecular complexity index is 737. The second-order valence-corrected chi connectivity index (χ2v) is 6.99. The Morgan fingerprint density at radius 1 is 1.22 bits per heavy atom. The molecule has 5 nitrogen and oxygen atoms in total. The van der Waals surface area contributed by atoms with Gasteiger partial charge >= 0.3 is 0 Å². The van der Waals surface area contributed by atoms with E-state index in [9.17, 15) is 4.79 Å². The van der Waals surface area contributed by atoms with Crippen LogP contribution < -0.4 is 10.5 Å². The van der Waals surface area contributed by atoms with Gasteiger partial charge in [-0.05, 0) is 25.0 Å². The van der Waals surface area contributed by atoms with Crippen LogP contribution in [0.3, 0.4) is 0 Å². The minimum absolute atomic E-state index is 0.412. The number of nitrogens with zero attached hydrogens (tertiary/aromatic N) is 3. The van der Waals surface area contributed by atoms with E-state index in [1.165, 1.54) is 38.5 Å². The summed E-state index contributed by atoms with van der Waals surface area (Å²) in [6.45, 7) is 0. The number of aromatic nitrogens is 2. The second kappa shape index (κ2) is 7.08. The molecule has 1 amide bonds. The molecule has 1 aromatic heterocycles. The molecule has 1 aliphatic carbocycles. The molecule has 0 radical (unpaired) electrons. The first-order chi connectivity index (χ1) is 11.1. The molecule has 3 rings (SSSR count). The summed E-state index contributed by atoms with van der Waals surface area (Å²) in [5, 5.41) is 5.48. The summed E-state index contributed by atoms with van der Waals surface area (Å²) in [7, 11) is 1.94. The van der Waals surface area contributed by atoms with Crippen molar-refractivity contribution >= 4 is 17.2 Å². The summed E-state index contributed by atoms with van der Waals surface area (Å²) in [6, 6.07) is 7.67. The van der Waals surface area contributed by atoms with Crippen LogP contribution in [-0.4, -0.2) is 21.7 Å². The normalized spacial score (nSPS) is 17.2. The Hall–Kier alpha value is -1.95. The van der Waals surface area contributed by atoms with Crippen LogP contribution >= 0.6 is 11.3 Å². The van der Waals surface area contributed by atoms with Crippen LogP contribution in [0.4, 0.5) is 0 Å². The third-order valence-corrected chi connectivity index (χ3v) is 5.30. The summed E-state index contributed by atoms with van der Waals surface area (Å²) >= 11 is 1.60. The SMILES string of the molecule is Cn1nc(-c2ccc(C(N)=O)cc2)sc1=NC1CCCCCC1. The van der Waals surface area contributed by atoms with Crippen molar-refractivity contribution in [2.75, 3.05) is 0 Å². The standard InChI is InChI=1S/C17H22N4OS/c1-21-17(19-14-6-4-2-3-5-7-14)23-16(20-21)13-10-8-12(9-11-13)15(18)22/h8-11,14H,2-7H2,1H3,(H2,18,22). The number of aryl methyl sites for hydroxylation is 1. The molecule has 0 bridgehead atoms. The fraction of sp³-hybridized carbons (Fsp3) is 0.471. The lowest BCUT2D eigenvalue weighted by molar-refractivity contribution is 0.100. The molecule has 1 saturated carbocycles. The molecule has 23 heavy (non-hydrogen) atoms. The van der Waals surface area contributed by atoms with Gasteiger partial charge in [-0.15, -0.1) is 0 Å². The number of hydrogen-bond acceptors (Lipinski definition) is 4. The summed E-state index contributed by atoms with van der Waals surface area (Å²) in [5.41, 5.74) is 6.77. The van der Waals surface area contributed by atoms with Gasteiger partial charge in [0.1, 0.15) is 5.01 Å². The third-order valence-electron chi connectivity index (χ3n) is 4.24. The molecule has 0 saturated heterocycles. The molecule has 1 heterocycles. The summed E-state index contributed by atoms with van der Waals surface area (Å²) in [5.74, 6) is -0.412. The number of benzene rings is 1. The van der Waals surface area contributed by atoms with E-state index in [1.807, 2.05) is 23.9 Å². The molecule has 0 aliphatic heterocycles. The Kier molecular flexibility index (Phi) is 4.91. The van der Waals surface area contributed by atoms with Crippen LogP contribution in [0.15, 0.2) is 29.3 Å². The van der Waals surface area contributed by atoms with Crippen LogP contribution in [0.2, 0.25) is 0 Å². The Labute approximate surface area is 139 Å². The van der Waals surface area contributed by atoms with Gasteiger partial charge in [0.05, 0.1) is 6.04 Å². The average molecular weight is 330 g/mol. The number of hydrogen-bond donors (Lipinski definition) is 1. The van der Waals surface area contributed by atoms with Gasteiger partial charge in [0.2, 0.25) is 10.7 Å². The van der Waals surface area contributed by atoms with Crippen LogP contribution in [0, 0.1) is 0 Å². The van der Waals surface area contributed by atoms with E-state index in [4.69, 9.17) is 10.7 Å². The highest BCUT2D eigenvalue weighted by molar-refractivity contribution is 7.12. The van der Waals surface area contributed by atoms with Crippen molar-refractivity contribution < 1.29 is 4.79 Å². The van der Waals surface area contributed by atoms with Crippen molar-refractivity contribution in [1.82, 2.24) is 9.78 Å². The first-order valence-corrected chi connectivity index (χ1v) is 8.93. The Balaban J connectivity index is 1.86. The van der Waals surface area contributed by atoms with E-state index in [0.29, 0.717) is 11.6 Å². The lowest BCUT2D eigenvalue weighted by atomic mass is 10.1. The molecule has 6 heteroatoms. The van der Waals surface area contributed by atoms with E-state index in [1.54, 1.807) is 23.5 Å². The van der Waals surface area contributed by atoms with Crippen LogP contribution in [0.1, 0.15) is 48.9 Å². The first-order valence-electron chi connectivity index (χ1n) is 8.12. The summed E-state index contributed by atoms with van der Waals surface area (Å²) < 4.78 is 1.85. The zero-order valence-electron chi connectivity index (χ0n) is 13.4. The minimum atomic E-state index is -0.412. The number of carbonyl (C=O) groups excluding carboxylic acids is 1. The van der Waals surface area contributed by atoms with Crippen molar-refractivity contribution in [2.45, 2.75) is 44.6 Å². The van der Waals surface area contributed by atoms with Gasteiger partial charge < -0.3 is 5.73 Å². The molecule has 122 valence electrons.